The molecule has 0 saturated carbocycles. The van der Waals surface area contributed by atoms with Crippen molar-refractivity contribution in [2.24, 2.45) is 5.73 Å². The van der Waals surface area contributed by atoms with E-state index in [1.165, 1.54) is 22.7 Å². The second-order valence-electron chi connectivity index (χ2n) is 7.68. The Balaban J connectivity index is 1.70. The number of anilines is 2. The van der Waals surface area contributed by atoms with Gasteiger partial charge in [-0.05, 0) is 49.3 Å². The Hall–Kier alpha value is -2.45. The van der Waals surface area contributed by atoms with Crippen LogP contribution >= 0.6 is 22.7 Å². The fourth-order valence-electron chi connectivity index (χ4n) is 3.75. The van der Waals surface area contributed by atoms with Crippen LogP contribution in [-0.4, -0.2) is 16.8 Å². The highest BCUT2D eigenvalue weighted by Gasteiger charge is 2.26. The molecular weight excluding hydrogens is 404 g/mol. The third-order valence-corrected chi connectivity index (χ3v) is 7.63. The molecule has 3 aromatic rings. The molecule has 1 aliphatic carbocycles. The van der Waals surface area contributed by atoms with Crippen LogP contribution in [0.4, 0.5) is 10.7 Å². The lowest BCUT2D eigenvalue weighted by molar-refractivity contribution is 0.100. The first-order valence-electron chi connectivity index (χ1n) is 9.81. The number of nitrogen functional groups attached to an aromatic ring is 1. The maximum atomic E-state index is 13.0. The van der Waals surface area contributed by atoms with E-state index >= 15 is 0 Å². The van der Waals surface area contributed by atoms with Crippen LogP contribution < -0.4 is 16.8 Å². The van der Waals surface area contributed by atoms with Gasteiger partial charge in [0.05, 0.1) is 11.3 Å². The largest absolute Gasteiger partial charge is 0.397 e. The highest BCUT2D eigenvalue weighted by Crippen LogP contribution is 2.39. The van der Waals surface area contributed by atoms with Gasteiger partial charge in [0.1, 0.15) is 14.7 Å². The van der Waals surface area contributed by atoms with Gasteiger partial charge in [0.25, 0.3) is 11.8 Å². The molecule has 5 N–H and O–H groups in total. The molecule has 8 heteroatoms. The summed E-state index contributed by atoms with van der Waals surface area (Å²) in [4.78, 5) is 32.1. The van der Waals surface area contributed by atoms with Crippen molar-refractivity contribution in [2.75, 3.05) is 11.1 Å². The van der Waals surface area contributed by atoms with Crippen LogP contribution in [0.5, 0.6) is 0 Å². The van der Waals surface area contributed by atoms with E-state index in [0.29, 0.717) is 27.0 Å². The summed E-state index contributed by atoms with van der Waals surface area (Å²) in [5.74, 6) is -0.526. The number of pyridine rings is 1. The van der Waals surface area contributed by atoms with Crippen molar-refractivity contribution >= 4 is 55.4 Å². The monoisotopic (exact) mass is 428 g/mol. The quantitative estimate of drug-likeness (QED) is 0.524. The minimum Gasteiger partial charge on any atom is -0.397 e. The zero-order valence-corrected chi connectivity index (χ0v) is 18.1. The van der Waals surface area contributed by atoms with Crippen LogP contribution in [0.25, 0.3) is 10.2 Å². The van der Waals surface area contributed by atoms with Gasteiger partial charge in [-0.1, -0.05) is 20.3 Å². The van der Waals surface area contributed by atoms with Gasteiger partial charge in [-0.3, -0.25) is 9.59 Å². The van der Waals surface area contributed by atoms with Crippen molar-refractivity contribution in [1.29, 1.82) is 0 Å². The average molecular weight is 429 g/mol. The Morgan fingerprint density at radius 3 is 2.62 bits per heavy atom. The minimum absolute atomic E-state index is 0.291. The zero-order chi connectivity index (χ0) is 20.7. The van der Waals surface area contributed by atoms with Gasteiger partial charge in [0, 0.05) is 16.0 Å². The summed E-state index contributed by atoms with van der Waals surface area (Å²) in [5, 5.41) is 4.22. The molecule has 3 aromatic heterocycles. The normalized spacial score (nSPS) is 14.0. The number of aryl methyl sites for hydroxylation is 1. The molecule has 3 heterocycles. The molecule has 152 valence electrons. The summed E-state index contributed by atoms with van der Waals surface area (Å²) in [5.41, 5.74) is 14.8. The zero-order valence-electron chi connectivity index (χ0n) is 16.5. The number of carbonyl (C=O) groups is 2. The predicted octanol–water partition coefficient (Wildman–Crippen LogP) is 4.68. The maximum absolute atomic E-state index is 13.0. The summed E-state index contributed by atoms with van der Waals surface area (Å²) in [6.45, 7) is 4.15. The number of primary amides is 1. The highest BCUT2D eigenvalue weighted by atomic mass is 32.1. The third kappa shape index (κ3) is 3.62. The van der Waals surface area contributed by atoms with Gasteiger partial charge in [-0.2, -0.15) is 0 Å². The lowest BCUT2D eigenvalue weighted by Crippen LogP contribution is -2.18. The number of carbonyl (C=O) groups excluding carboxylic acids is 2. The van der Waals surface area contributed by atoms with E-state index in [9.17, 15) is 9.59 Å². The Morgan fingerprint density at radius 1 is 1.14 bits per heavy atom. The average Bonchev–Trinajstić information content (AvgIpc) is 3.09. The van der Waals surface area contributed by atoms with Crippen molar-refractivity contribution in [3.05, 3.63) is 38.7 Å². The van der Waals surface area contributed by atoms with E-state index < -0.39 is 5.91 Å². The summed E-state index contributed by atoms with van der Waals surface area (Å²) < 4.78 is 0. The molecule has 0 spiro atoms. The second kappa shape index (κ2) is 7.76. The van der Waals surface area contributed by atoms with Gasteiger partial charge in [0.2, 0.25) is 0 Å². The van der Waals surface area contributed by atoms with E-state index in [0.717, 1.165) is 58.5 Å². The second-order valence-corrected chi connectivity index (χ2v) is 9.78. The summed E-state index contributed by atoms with van der Waals surface area (Å²) in [6, 6.07) is 3.86. The first-order valence-corrected chi connectivity index (χ1v) is 11.4. The molecule has 29 heavy (non-hydrogen) atoms. The number of aromatic nitrogens is 1. The molecule has 6 nitrogen and oxygen atoms in total. The summed E-state index contributed by atoms with van der Waals surface area (Å²) in [7, 11) is 0. The highest BCUT2D eigenvalue weighted by molar-refractivity contribution is 7.21. The Bertz CT molecular complexity index is 1110. The van der Waals surface area contributed by atoms with E-state index in [4.69, 9.17) is 11.5 Å². The van der Waals surface area contributed by atoms with Gasteiger partial charge in [-0.25, -0.2) is 4.98 Å². The Labute approximate surface area is 177 Å². The molecule has 0 radical (unpaired) electrons. The number of nitrogens with zero attached hydrogens (tertiary/aromatic N) is 1. The van der Waals surface area contributed by atoms with Gasteiger partial charge >= 0.3 is 0 Å². The first kappa shape index (κ1) is 19.8. The summed E-state index contributed by atoms with van der Waals surface area (Å²) in [6.07, 6.45) is 5.01. The van der Waals surface area contributed by atoms with Crippen LogP contribution in [0.1, 0.15) is 75.2 Å². The predicted molar refractivity (Wildman–Crippen MR) is 120 cm³/mol. The smallest absolute Gasteiger partial charge is 0.268 e. The maximum Gasteiger partial charge on any atom is 0.268 e. The number of amides is 2. The lowest BCUT2D eigenvalue weighted by atomic mass is 10.1. The van der Waals surface area contributed by atoms with Crippen LogP contribution in [-0.2, 0) is 12.8 Å². The molecular formula is C21H24N4O2S2. The summed E-state index contributed by atoms with van der Waals surface area (Å²) >= 11 is 2.74. The molecule has 0 atom stereocenters. The van der Waals surface area contributed by atoms with E-state index in [1.54, 1.807) is 0 Å². The molecule has 2 amide bonds. The number of nitrogens with one attached hydrogen (secondary N) is 1. The van der Waals surface area contributed by atoms with E-state index in [-0.39, 0.29) is 5.91 Å². The molecule has 0 saturated heterocycles. The van der Waals surface area contributed by atoms with Gasteiger partial charge < -0.3 is 16.8 Å². The lowest BCUT2D eigenvalue weighted by Gasteiger charge is -2.06. The van der Waals surface area contributed by atoms with Crippen molar-refractivity contribution in [1.82, 2.24) is 4.98 Å². The number of nitrogens with two attached hydrogens (primary N) is 2. The van der Waals surface area contributed by atoms with Crippen molar-refractivity contribution in [2.45, 2.75) is 51.9 Å². The van der Waals surface area contributed by atoms with Crippen molar-refractivity contribution in [3.63, 3.8) is 0 Å². The van der Waals surface area contributed by atoms with Crippen molar-refractivity contribution < 1.29 is 9.59 Å². The molecule has 0 aliphatic heterocycles. The SMILES string of the molecule is CC(C)c1ccc2c(N)c(C(=O)Nc3sc4c(c3C(N)=O)CCCCC4)sc2n1. The fourth-order valence-corrected chi connectivity index (χ4v) is 6.04. The molecule has 1 aliphatic rings. The molecule has 0 aromatic carbocycles. The van der Waals surface area contributed by atoms with E-state index in [2.05, 4.69) is 24.1 Å². The van der Waals surface area contributed by atoms with E-state index in [1.807, 2.05) is 12.1 Å². The first-order chi connectivity index (χ1) is 13.9. The van der Waals surface area contributed by atoms with Crippen LogP contribution in [0.3, 0.4) is 0 Å². The number of fused-ring (bicyclic) bond motifs is 2. The fraction of sp³-hybridized carbons (Fsp3) is 0.381. The Kier molecular flexibility index (Phi) is 5.31. The van der Waals surface area contributed by atoms with Crippen LogP contribution in [0.15, 0.2) is 12.1 Å². The van der Waals surface area contributed by atoms with Gasteiger partial charge in [0.15, 0.2) is 0 Å². The third-order valence-electron chi connectivity index (χ3n) is 5.31. The number of hydrogen-bond donors (Lipinski definition) is 3. The minimum atomic E-state index is -0.493. The number of hydrogen-bond acceptors (Lipinski definition) is 6. The Morgan fingerprint density at radius 2 is 1.90 bits per heavy atom. The molecule has 0 bridgehead atoms. The standard InChI is InChI=1S/C21H24N4O2S2/c1-10(2)13-9-8-12-16(22)17(29-20(12)24-13)19(27)25-21-15(18(23)26)11-6-4-3-5-7-14(11)28-21/h8-10H,3-7,22H2,1-2H3,(H2,23,26)(H,25,27). The van der Waals surface area contributed by atoms with Crippen LogP contribution in [0.2, 0.25) is 0 Å². The molecule has 4 rings (SSSR count). The number of thiophene rings is 2. The van der Waals surface area contributed by atoms with Crippen molar-refractivity contribution in [3.8, 4) is 0 Å². The molecule has 0 unspecified atom stereocenters. The van der Waals surface area contributed by atoms with Crippen LogP contribution in [0, 0.1) is 0 Å². The molecule has 0 fully saturated rings. The topological polar surface area (TPSA) is 111 Å². The number of rotatable bonds is 4. The van der Waals surface area contributed by atoms with Gasteiger partial charge in [-0.15, -0.1) is 22.7 Å².